The van der Waals surface area contributed by atoms with Gasteiger partial charge in [-0.15, -0.1) is 0 Å². The zero-order valence-corrected chi connectivity index (χ0v) is 23.5. The lowest BCUT2D eigenvalue weighted by molar-refractivity contribution is 0.169. The molecular weight excluding hydrogens is 391 g/mol. The predicted molar refractivity (Wildman–Crippen MR) is 133 cm³/mol. The molecule has 3 unspecified atom stereocenters. The van der Waals surface area contributed by atoms with E-state index in [1.807, 2.05) is 0 Å². The highest BCUT2D eigenvalue weighted by Gasteiger charge is 2.30. The molecule has 0 aromatic rings. The third-order valence-corrected chi connectivity index (χ3v) is 7.44. The second-order valence-corrected chi connectivity index (χ2v) is 15.8. The first kappa shape index (κ1) is 30.1. The molecule has 4 heteroatoms. The van der Waals surface area contributed by atoms with E-state index in [0.717, 1.165) is 32.1 Å². The molecule has 0 amide bonds. The van der Waals surface area contributed by atoms with E-state index in [-0.39, 0.29) is 5.41 Å². The Hall–Kier alpha value is 0.150. The summed E-state index contributed by atoms with van der Waals surface area (Å²) in [6, 6.07) is 0. The molecule has 0 aromatic heterocycles. The van der Waals surface area contributed by atoms with Crippen LogP contribution in [0.5, 0.6) is 0 Å². The Morgan fingerprint density at radius 1 is 0.600 bits per heavy atom. The summed E-state index contributed by atoms with van der Waals surface area (Å²) < 4.78 is 25.6. The van der Waals surface area contributed by atoms with Crippen molar-refractivity contribution in [3.05, 3.63) is 0 Å². The SMILES string of the molecule is CC(CCOP(=O)(CC(C)CC(C)(C)C)OCCC(C)CC(C)(C)C)CC(C)(C)C. The van der Waals surface area contributed by atoms with Crippen LogP contribution in [0.25, 0.3) is 0 Å². The number of rotatable bonds is 13. The van der Waals surface area contributed by atoms with Gasteiger partial charge in [0.05, 0.1) is 19.4 Å². The first-order valence-electron chi connectivity index (χ1n) is 12.2. The minimum atomic E-state index is -3.08. The standard InChI is InChI=1S/C26H55O3P/c1-21(17-24(4,5)6)13-15-28-30(27,20-23(3)19-26(10,11)12)29-16-14-22(2)18-25(7,8)9/h21-23H,13-20H2,1-12H3. The number of hydrogen-bond donors (Lipinski definition) is 0. The first-order chi connectivity index (χ1) is 13.3. The zero-order valence-electron chi connectivity index (χ0n) is 22.6. The fourth-order valence-corrected chi connectivity index (χ4v) is 6.66. The van der Waals surface area contributed by atoms with Crippen molar-refractivity contribution in [3.63, 3.8) is 0 Å². The molecule has 0 heterocycles. The van der Waals surface area contributed by atoms with Crippen molar-refractivity contribution in [1.82, 2.24) is 0 Å². The van der Waals surface area contributed by atoms with E-state index in [0.29, 0.717) is 48.0 Å². The lowest BCUT2D eigenvalue weighted by Crippen LogP contribution is -2.17. The summed E-state index contributed by atoms with van der Waals surface area (Å²) in [4.78, 5) is 0. The summed E-state index contributed by atoms with van der Waals surface area (Å²) in [5.74, 6) is 1.42. The Morgan fingerprint density at radius 2 is 0.900 bits per heavy atom. The molecule has 0 aliphatic rings. The van der Waals surface area contributed by atoms with Crippen molar-refractivity contribution in [2.75, 3.05) is 19.4 Å². The molecule has 30 heavy (non-hydrogen) atoms. The molecule has 0 N–H and O–H groups in total. The quantitative estimate of drug-likeness (QED) is 0.264. The van der Waals surface area contributed by atoms with Crippen LogP contribution in [0, 0.1) is 34.0 Å². The van der Waals surface area contributed by atoms with Gasteiger partial charge >= 0.3 is 7.60 Å². The smallest absolute Gasteiger partial charge is 0.309 e. The van der Waals surface area contributed by atoms with Crippen LogP contribution in [-0.4, -0.2) is 19.4 Å². The van der Waals surface area contributed by atoms with Crippen LogP contribution in [0.2, 0.25) is 0 Å². The van der Waals surface area contributed by atoms with E-state index < -0.39 is 7.60 Å². The highest BCUT2D eigenvalue weighted by molar-refractivity contribution is 7.53. The van der Waals surface area contributed by atoms with Gasteiger partial charge in [0.15, 0.2) is 0 Å². The third kappa shape index (κ3) is 17.8. The minimum Gasteiger partial charge on any atom is -0.309 e. The van der Waals surface area contributed by atoms with Crippen molar-refractivity contribution in [2.45, 2.75) is 115 Å². The van der Waals surface area contributed by atoms with Crippen LogP contribution >= 0.6 is 7.60 Å². The van der Waals surface area contributed by atoms with Gasteiger partial charge in [-0.25, -0.2) is 0 Å². The summed E-state index contributed by atoms with van der Waals surface area (Å²) in [5, 5.41) is 0. The Kier molecular flexibility index (Phi) is 12.5. The monoisotopic (exact) mass is 446 g/mol. The topological polar surface area (TPSA) is 35.5 Å². The van der Waals surface area contributed by atoms with Crippen LogP contribution in [-0.2, 0) is 13.6 Å². The third-order valence-electron chi connectivity index (χ3n) is 5.22. The van der Waals surface area contributed by atoms with Gasteiger partial charge in [-0.2, -0.15) is 0 Å². The Morgan fingerprint density at radius 3 is 1.20 bits per heavy atom. The molecule has 0 radical (unpaired) electrons. The van der Waals surface area contributed by atoms with E-state index >= 15 is 0 Å². The van der Waals surface area contributed by atoms with E-state index in [1.165, 1.54) is 0 Å². The van der Waals surface area contributed by atoms with Crippen LogP contribution in [0.15, 0.2) is 0 Å². The maximum absolute atomic E-state index is 13.6. The van der Waals surface area contributed by atoms with Crippen molar-refractivity contribution < 1.29 is 13.6 Å². The van der Waals surface area contributed by atoms with E-state index in [9.17, 15) is 4.57 Å². The van der Waals surface area contributed by atoms with Gasteiger partial charge in [0.25, 0.3) is 0 Å². The Labute approximate surface area is 190 Å². The van der Waals surface area contributed by atoms with E-state index in [1.54, 1.807) is 0 Å². The molecule has 3 atom stereocenters. The largest absolute Gasteiger partial charge is 0.330 e. The van der Waals surface area contributed by atoms with Gasteiger partial charge in [-0.1, -0.05) is 83.1 Å². The van der Waals surface area contributed by atoms with Gasteiger partial charge in [-0.3, -0.25) is 4.57 Å². The maximum atomic E-state index is 13.6. The Balaban J connectivity index is 4.85. The average Bonchev–Trinajstić information content (AvgIpc) is 2.40. The minimum absolute atomic E-state index is 0.215. The van der Waals surface area contributed by atoms with Crippen LogP contribution in [0.1, 0.15) is 115 Å². The van der Waals surface area contributed by atoms with Crippen molar-refractivity contribution >= 4 is 7.60 Å². The van der Waals surface area contributed by atoms with Gasteiger partial charge in [-0.05, 0) is 66.1 Å². The average molecular weight is 447 g/mol. The first-order valence-corrected chi connectivity index (χ1v) is 13.9. The molecule has 0 saturated carbocycles. The lowest BCUT2D eigenvalue weighted by Gasteiger charge is -2.28. The Bertz CT molecular complexity index is 476. The van der Waals surface area contributed by atoms with E-state index in [4.69, 9.17) is 9.05 Å². The summed E-state index contributed by atoms with van der Waals surface area (Å²) in [7, 11) is -3.08. The molecule has 3 nitrogen and oxygen atoms in total. The van der Waals surface area contributed by atoms with Crippen molar-refractivity contribution in [3.8, 4) is 0 Å². The summed E-state index contributed by atoms with van der Waals surface area (Å²) in [6.45, 7) is 28.1. The second kappa shape index (κ2) is 12.4. The number of hydrogen-bond acceptors (Lipinski definition) is 3. The fraction of sp³-hybridized carbons (Fsp3) is 1.00. The van der Waals surface area contributed by atoms with Crippen LogP contribution in [0.3, 0.4) is 0 Å². The van der Waals surface area contributed by atoms with Crippen molar-refractivity contribution in [1.29, 1.82) is 0 Å². The highest BCUT2D eigenvalue weighted by Crippen LogP contribution is 2.51. The molecule has 0 spiro atoms. The van der Waals surface area contributed by atoms with Gasteiger partial charge in [0, 0.05) is 0 Å². The second-order valence-electron chi connectivity index (χ2n) is 13.6. The molecule has 0 aliphatic heterocycles. The van der Waals surface area contributed by atoms with E-state index in [2.05, 4.69) is 83.1 Å². The highest BCUT2D eigenvalue weighted by atomic mass is 31.2. The van der Waals surface area contributed by atoms with Gasteiger partial charge in [0.1, 0.15) is 0 Å². The van der Waals surface area contributed by atoms with Crippen molar-refractivity contribution in [2.24, 2.45) is 34.0 Å². The zero-order chi connectivity index (χ0) is 23.8. The molecule has 0 aliphatic carbocycles. The molecule has 0 saturated heterocycles. The fourth-order valence-electron chi connectivity index (χ4n) is 4.72. The molecule has 182 valence electrons. The van der Waals surface area contributed by atoms with Crippen LogP contribution in [0.4, 0.5) is 0 Å². The summed E-state index contributed by atoms with van der Waals surface area (Å²) in [6.07, 6.45) is 5.69. The predicted octanol–water partition coefficient (Wildman–Crippen LogP) is 9.21. The van der Waals surface area contributed by atoms with Gasteiger partial charge in [0.2, 0.25) is 0 Å². The molecule has 0 aromatic carbocycles. The molecule has 0 rings (SSSR count). The van der Waals surface area contributed by atoms with Crippen LogP contribution < -0.4 is 0 Å². The van der Waals surface area contributed by atoms with Gasteiger partial charge < -0.3 is 9.05 Å². The maximum Gasteiger partial charge on any atom is 0.330 e. The molecule has 0 bridgehead atoms. The molecular formula is C26H55O3P. The molecule has 0 fully saturated rings. The lowest BCUT2D eigenvalue weighted by atomic mass is 9.84. The normalized spacial score (nSPS) is 18.7. The summed E-state index contributed by atoms with van der Waals surface area (Å²) in [5.41, 5.74) is 0.834. The summed E-state index contributed by atoms with van der Waals surface area (Å²) >= 11 is 0.